The van der Waals surface area contributed by atoms with Gasteiger partial charge < -0.3 is 20.5 Å². The first kappa shape index (κ1) is 32.4. The van der Waals surface area contributed by atoms with E-state index >= 15 is 0 Å². The van der Waals surface area contributed by atoms with Crippen molar-refractivity contribution >= 4 is 45.5 Å². The van der Waals surface area contributed by atoms with Gasteiger partial charge in [-0.25, -0.2) is 9.59 Å². The summed E-state index contributed by atoms with van der Waals surface area (Å²) in [4.78, 5) is 53.2. The van der Waals surface area contributed by atoms with Gasteiger partial charge in [-0.1, -0.05) is 56.5 Å². The Labute approximate surface area is 228 Å². The highest BCUT2D eigenvalue weighted by Crippen LogP contribution is 2.28. The van der Waals surface area contributed by atoms with Crippen molar-refractivity contribution in [3.8, 4) is 0 Å². The third kappa shape index (κ3) is 10.3. The van der Waals surface area contributed by atoms with Crippen molar-refractivity contribution in [3.63, 3.8) is 0 Å². The number of carboxylic acids is 1. The van der Waals surface area contributed by atoms with Crippen LogP contribution in [-0.2, 0) is 19.1 Å². The van der Waals surface area contributed by atoms with Gasteiger partial charge in [0.15, 0.2) is 0 Å². The number of hydrogen-bond acceptors (Lipinski definition) is 5. The highest BCUT2D eigenvalue weighted by molar-refractivity contribution is 9.10. The van der Waals surface area contributed by atoms with Gasteiger partial charge in [-0.3, -0.25) is 14.5 Å². The first-order valence-corrected chi connectivity index (χ1v) is 13.5. The molecule has 1 aromatic carbocycles. The van der Waals surface area contributed by atoms with Crippen molar-refractivity contribution in [2.45, 2.75) is 98.4 Å². The van der Waals surface area contributed by atoms with Crippen molar-refractivity contribution in [1.82, 2.24) is 10.6 Å². The van der Waals surface area contributed by atoms with Gasteiger partial charge in [0.1, 0.15) is 23.7 Å². The summed E-state index contributed by atoms with van der Waals surface area (Å²) in [6.07, 6.45) is 0.644. The number of alkyl carbamates (subject to hydrolysis) is 1. The summed E-state index contributed by atoms with van der Waals surface area (Å²) in [7, 11) is 0. The predicted octanol–water partition coefficient (Wildman–Crippen LogP) is 5.12. The molecule has 0 bridgehead atoms. The molecule has 0 spiro atoms. The van der Waals surface area contributed by atoms with Crippen LogP contribution in [0.5, 0.6) is 0 Å². The molecule has 0 saturated carbocycles. The summed E-state index contributed by atoms with van der Waals surface area (Å²) in [5.41, 5.74) is -0.299. The molecule has 10 heteroatoms. The van der Waals surface area contributed by atoms with Gasteiger partial charge in [0.25, 0.3) is 0 Å². The second-order valence-corrected chi connectivity index (χ2v) is 11.5. The van der Waals surface area contributed by atoms with Crippen LogP contribution in [0.3, 0.4) is 0 Å². The topological polar surface area (TPSA) is 125 Å². The van der Waals surface area contributed by atoms with E-state index in [9.17, 15) is 24.3 Å². The number of amides is 3. The van der Waals surface area contributed by atoms with E-state index in [0.717, 1.165) is 4.47 Å². The standard InChI is InChI=1S/C27H42BrN3O6/c1-9-18(10-2)22(23(32)30-21(25(34)35)15-16(3)4)31(20-13-11-19(28)12-14-20)24(33)17(5)29-26(36)37-27(6,7)8/h11-14,16-18,21-22H,9-10,15H2,1-8H3,(H,29,36)(H,30,32)(H,34,35)/t17-,21?,22?/m0/s1. The fourth-order valence-corrected chi connectivity index (χ4v) is 4.27. The molecule has 0 saturated heterocycles. The Morgan fingerprint density at radius 2 is 1.54 bits per heavy atom. The lowest BCUT2D eigenvalue weighted by Crippen LogP contribution is -2.60. The monoisotopic (exact) mass is 583 g/mol. The minimum Gasteiger partial charge on any atom is -0.480 e. The fraction of sp³-hybridized carbons (Fsp3) is 0.630. The molecule has 208 valence electrons. The van der Waals surface area contributed by atoms with Crippen molar-refractivity contribution in [2.75, 3.05) is 4.90 Å². The summed E-state index contributed by atoms with van der Waals surface area (Å²) in [5.74, 6) is -2.43. The maximum Gasteiger partial charge on any atom is 0.408 e. The van der Waals surface area contributed by atoms with Crippen LogP contribution in [0, 0.1) is 11.8 Å². The number of nitrogens with one attached hydrogen (secondary N) is 2. The number of hydrogen-bond donors (Lipinski definition) is 3. The van der Waals surface area contributed by atoms with Crippen LogP contribution in [0.15, 0.2) is 28.7 Å². The first-order valence-electron chi connectivity index (χ1n) is 12.7. The SMILES string of the molecule is CCC(CC)C(C(=O)NC(CC(C)C)C(=O)O)N(C(=O)[C@H](C)NC(=O)OC(C)(C)C)c1ccc(Br)cc1. The molecule has 1 rings (SSSR count). The first-order chi connectivity index (χ1) is 17.1. The Hall–Kier alpha value is -2.62. The van der Waals surface area contributed by atoms with Crippen LogP contribution in [-0.4, -0.2) is 52.7 Å². The predicted molar refractivity (Wildman–Crippen MR) is 147 cm³/mol. The van der Waals surface area contributed by atoms with Gasteiger partial charge in [0.2, 0.25) is 11.8 Å². The molecule has 3 amide bonds. The Morgan fingerprint density at radius 1 is 1.00 bits per heavy atom. The largest absolute Gasteiger partial charge is 0.480 e. The van der Waals surface area contributed by atoms with Crippen molar-refractivity contribution in [2.24, 2.45) is 11.8 Å². The molecule has 3 N–H and O–H groups in total. The minimum atomic E-state index is -1.13. The van der Waals surface area contributed by atoms with Crippen LogP contribution in [0.25, 0.3) is 0 Å². The van der Waals surface area contributed by atoms with Crippen molar-refractivity contribution in [1.29, 1.82) is 0 Å². The molecule has 0 aliphatic heterocycles. The normalized spacial score (nSPS) is 14.0. The number of carbonyl (C=O) groups excluding carboxylic acids is 3. The molecule has 0 radical (unpaired) electrons. The van der Waals surface area contributed by atoms with Gasteiger partial charge in [-0.2, -0.15) is 0 Å². The van der Waals surface area contributed by atoms with Gasteiger partial charge in [-0.05, 0) is 70.2 Å². The Bertz CT molecular complexity index is 925. The quantitative estimate of drug-likeness (QED) is 0.314. The van der Waals surface area contributed by atoms with Gasteiger partial charge in [0.05, 0.1) is 0 Å². The summed E-state index contributed by atoms with van der Waals surface area (Å²) in [6, 6.07) is 3.80. The highest BCUT2D eigenvalue weighted by atomic mass is 79.9. The minimum absolute atomic E-state index is 0.0373. The maximum atomic E-state index is 13.9. The van der Waals surface area contributed by atoms with E-state index in [1.54, 1.807) is 45.0 Å². The number of aliphatic carboxylic acids is 1. The number of rotatable bonds is 12. The molecule has 1 aromatic rings. The Morgan fingerprint density at radius 3 is 1.97 bits per heavy atom. The van der Waals surface area contributed by atoms with Crippen molar-refractivity contribution < 1.29 is 29.0 Å². The zero-order valence-corrected chi connectivity index (χ0v) is 24.7. The average Bonchev–Trinajstić information content (AvgIpc) is 2.77. The van der Waals surface area contributed by atoms with Crippen LogP contribution >= 0.6 is 15.9 Å². The van der Waals surface area contributed by atoms with Gasteiger partial charge in [-0.15, -0.1) is 0 Å². The molecule has 9 nitrogen and oxygen atoms in total. The van der Waals surface area contributed by atoms with E-state index in [0.29, 0.717) is 18.5 Å². The number of ether oxygens (including phenoxy) is 1. The van der Waals surface area contributed by atoms with E-state index in [4.69, 9.17) is 4.74 Å². The molecule has 37 heavy (non-hydrogen) atoms. The number of carboxylic acid groups (broad SMARTS) is 1. The molecular formula is C27H42BrN3O6. The third-order valence-electron chi connectivity index (χ3n) is 5.81. The molecule has 0 fully saturated rings. The molecule has 0 aliphatic carbocycles. The zero-order valence-electron chi connectivity index (χ0n) is 23.1. The summed E-state index contributed by atoms with van der Waals surface area (Å²) >= 11 is 3.39. The number of anilines is 1. The van der Waals surface area contributed by atoms with Crippen LogP contribution in [0.2, 0.25) is 0 Å². The van der Waals surface area contributed by atoms with E-state index in [-0.39, 0.29) is 18.3 Å². The van der Waals surface area contributed by atoms with Crippen LogP contribution in [0.1, 0.15) is 74.7 Å². The molecular weight excluding hydrogens is 542 g/mol. The second kappa shape index (κ2) is 14.4. The Kier molecular flexibility index (Phi) is 12.6. The molecule has 0 aromatic heterocycles. The fourth-order valence-electron chi connectivity index (χ4n) is 4.01. The maximum absolute atomic E-state index is 13.9. The summed E-state index contributed by atoms with van der Waals surface area (Å²) in [6.45, 7) is 14.3. The number of halogens is 1. The number of nitrogens with zero attached hydrogens (tertiary/aromatic N) is 1. The zero-order chi connectivity index (χ0) is 28.5. The molecule has 3 atom stereocenters. The molecule has 2 unspecified atom stereocenters. The molecule has 0 heterocycles. The van der Waals surface area contributed by atoms with Gasteiger partial charge >= 0.3 is 12.1 Å². The van der Waals surface area contributed by atoms with Crippen LogP contribution in [0.4, 0.5) is 10.5 Å². The van der Waals surface area contributed by atoms with Crippen molar-refractivity contribution in [3.05, 3.63) is 28.7 Å². The lowest BCUT2D eigenvalue weighted by Gasteiger charge is -2.37. The van der Waals surface area contributed by atoms with E-state index in [2.05, 4.69) is 26.6 Å². The summed E-state index contributed by atoms with van der Waals surface area (Å²) < 4.78 is 6.09. The molecule has 0 aliphatic rings. The number of carbonyl (C=O) groups is 4. The lowest BCUT2D eigenvalue weighted by atomic mass is 9.90. The van der Waals surface area contributed by atoms with Crippen LogP contribution < -0.4 is 15.5 Å². The average molecular weight is 585 g/mol. The third-order valence-corrected chi connectivity index (χ3v) is 6.34. The van der Waals surface area contributed by atoms with E-state index in [1.165, 1.54) is 11.8 Å². The number of benzene rings is 1. The Balaban J connectivity index is 3.52. The lowest BCUT2D eigenvalue weighted by molar-refractivity contribution is -0.142. The van der Waals surface area contributed by atoms with E-state index in [1.807, 2.05) is 27.7 Å². The van der Waals surface area contributed by atoms with E-state index < -0.39 is 47.6 Å². The summed E-state index contributed by atoms with van der Waals surface area (Å²) in [5, 5.41) is 15.0. The second-order valence-electron chi connectivity index (χ2n) is 10.6. The highest BCUT2D eigenvalue weighted by Gasteiger charge is 2.39. The van der Waals surface area contributed by atoms with Gasteiger partial charge in [0, 0.05) is 10.2 Å². The smallest absolute Gasteiger partial charge is 0.408 e.